The molecule has 1 heterocycles. The molecule has 6 nitrogen and oxygen atoms in total. The Labute approximate surface area is 109 Å². The van der Waals surface area contributed by atoms with E-state index in [1.54, 1.807) is 10.8 Å². The van der Waals surface area contributed by atoms with Gasteiger partial charge in [-0.2, -0.15) is 0 Å². The summed E-state index contributed by atoms with van der Waals surface area (Å²) in [7, 11) is 0. The maximum absolute atomic E-state index is 11.9. The number of aromatic nitrogens is 1. The summed E-state index contributed by atoms with van der Waals surface area (Å²) in [5.41, 5.74) is 0.259. The maximum atomic E-state index is 11.9. The molecule has 7 heteroatoms. The summed E-state index contributed by atoms with van der Waals surface area (Å²) in [5, 5.41) is 20.2. The van der Waals surface area contributed by atoms with Gasteiger partial charge in [-0.25, -0.2) is 4.79 Å². The van der Waals surface area contributed by atoms with Crippen LogP contribution in [0.4, 0.5) is 0 Å². The number of hydrogen-bond donors (Lipinski definition) is 3. The number of carbonyl (C=O) groups is 2. The van der Waals surface area contributed by atoms with Gasteiger partial charge >= 0.3 is 5.97 Å². The Bertz CT molecular complexity index is 456. The lowest BCUT2D eigenvalue weighted by atomic mass is 10.3. The number of carbonyl (C=O) groups excluding carboxylic acids is 1. The molecule has 0 saturated heterocycles. The number of hydrogen-bond acceptors (Lipinski definition) is 3. The fourth-order valence-electron chi connectivity index (χ4n) is 1.47. The Kier molecular flexibility index (Phi) is 4.75. The van der Waals surface area contributed by atoms with Crippen molar-refractivity contribution in [1.29, 1.82) is 0 Å². The van der Waals surface area contributed by atoms with E-state index in [-0.39, 0.29) is 11.7 Å². The topological polar surface area (TPSA) is 91.6 Å². The van der Waals surface area contributed by atoms with Crippen LogP contribution in [0.5, 0.6) is 0 Å². The highest BCUT2D eigenvalue weighted by Gasteiger charge is 2.22. The van der Waals surface area contributed by atoms with E-state index in [9.17, 15) is 9.59 Å². The van der Waals surface area contributed by atoms with Gasteiger partial charge in [0.1, 0.15) is 5.69 Å². The molecule has 0 saturated carbocycles. The second-order valence-corrected chi connectivity index (χ2v) is 4.53. The van der Waals surface area contributed by atoms with Crippen molar-refractivity contribution in [3.8, 4) is 0 Å². The van der Waals surface area contributed by atoms with E-state index in [2.05, 4.69) is 5.32 Å². The van der Waals surface area contributed by atoms with Gasteiger partial charge in [0.05, 0.1) is 11.6 Å². The van der Waals surface area contributed by atoms with Gasteiger partial charge in [-0.05, 0) is 19.9 Å². The number of nitrogens with zero attached hydrogens (tertiary/aromatic N) is 1. The van der Waals surface area contributed by atoms with Gasteiger partial charge in [0.2, 0.25) is 0 Å². The Morgan fingerprint density at radius 1 is 1.50 bits per heavy atom. The summed E-state index contributed by atoms with van der Waals surface area (Å²) < 4.78 is 1.63. The van der Waals surface area contributed by atoms with Crippen LogP contribution in [0.15, 0.2) is 12.3 Å². The molecule has 1 aromatic heterocycles. The minimum Gasteiger partial charge on any atom is -0.480 e. The molecule has 0 aliphatic heterocycles. The van der Waals surface area contributed by atoms with E-state index in [0.29, 0.717) is 5.02 Å². The molecule has 0 radical (unpaired) electrons. The zero-order chi connectivity index (χ0) is 13.9. The molecule has 0 unspecified atom stereocenters. The predicted octanol–water partition coefficient (Wildman–Crippen LogP) is 0.898. The van der Waals surface area contributed by atoms with Crippen LogP contribution < -0.4 is 5.32 Å². The molecule has 100 valence electrons. The largest absolute Gasteiger partial charge is 0.480 e. The van der Waals surface area contributed by atoms with Crippen molar-refractivity contribution in [2.75, 3.05) is 6.61 Å². The van der Waals surface area contributed by atoms with Gasteiger partial charge in [0.25, 0.3) is 5.91 Å². The van der Waals surface area contributed by atoms with Crippen LogP contribution >= 0.6 is 11.6 Å². The smallest absolute Gasteiger partial charge is 0.328 e. The summed E-state index contributed by atoms with van der Waals surface area (Å²) in [6, 6.07) is 0.134. The van der Waals surface area contributed by atoms with Gasteiger partial charge in [0.15, 0.2) is 6.04 Å². The zero-order valence-corrected chi connectivity index (χ0v) is 10.8. The Morgan fingerprint density at radius 3 is 2.56 bits per heavy atom. The highest BCUT2D eigenvalue weighted by Crippen LogP contribution is 2.18. The summed E-state index contributed by atoms with van der Waals surface area (Å²) in [6.45, 7) is 3.07. The molecule has 0 fully saturated rings. The third kappa shape index (κ3) is 3.24. The normalized spacial score (nSPS) is 12.5. The highest BCUT2D eigenvalue weighted by molar-refractivity contribution is 6.31. The lowest BCUT2D eigenvalue weighted by Gasteiger charge is -2.15. The molecule has 1 aromatic rings. The molecular weight excluding hydrogens is 260 g/mol. The molecule has 18 heavy (non-hydrogen) atoms. The number of aliphatic hydroxyl groups is 1. The molecule has 0 aliphatic carbocycles. The number of halogens is 1. The zero-order valence-electron chi connectivity index (χ0n) is 10.1. The maximum Gasteiger partial charge on any atom is 0.328 e. The van der Waals surface area contributed by atoms with Crippen LogP contribution in [0.25, 0.3) is 0 Å². The fourth-order valence-corrected chi connectivity index (χ4v) is 1.68. The number of rotatable bonds is 5. The first kappa shape index (κ1) is 14.5. The van der Waals surface area contributed by atoms with Crippen LogP contribution in [-0.4, -0.2) is 39.3 Å². The summed E-state index contributed by atoms with van der Waals surface area (Å²) in [5.74, 6) is -1.88. The van der Waals surface area contributed by atoms with E-state index in [1.165, 1.54) is 6.07 Å². The number of aliphatic carboxylic acids is 1. The lowest BCUT2D eigenvalue weighted by Crippen LogP contribution is -2.43. The third-order valence-electron chi connectivity index (χ3n) is 2.39. The molecule has 0 aliphatic rings. The van der Waals surface area contributed by atoms with Crippen LogP contribution in [0.1, 0.15) is 30.4 Å². The van der Waals surface area contributed by atoms with E-state index in [1.807, 2.05) is 13.8 Å². The highest BCUT2D eigenvalue weighted by atomic mass is 35.5. The fraction of sp³-hybridized carbons (Fsp3) is 0.455. The first-order valence-corrected chi connectivity index (χ1v) is 5.76. The number of carboxylic acid groups (broad SMARTS) is 1. The Morgan fingerprint density at radius 2 is 2.11 bits per heavy atom. The SMILES string of the molecule is CC(C)n1cc(Cl)cc1C(=O)N[C@@H](CO)C(=O)O. The van der Waals surface area contributed by atoms with Gasteiger partial charge in [0, 0.05) is 12.2 Å². The minimum absolute atomic E-state index is 0.00987. The minimum atomic E-state index is -1.33. The first-order chi connectivity index (χ1) is 8.36. The molecule has 1 rings (SSSR count). The second-order valence-electron chi connectivity index (χ2n) is 4.09. The van der Waals surface area contributed by atoms with E-state index in [0.717, 1.165) is 0 Å². The summed E-state index contributed by atoms with van der Waals surface area (Å²) in [6.07, 6.45) is 1.59. The first-order valence-electron chi connectivity index (χ1n) is 5.38. The van der Waals surface area contributed by atoms with Crippen molar-refractivity contribution < 1.29 is 19.8 Å². The van der Waals surface area contributed by atoms with E-state index in [4.69, 9.17) is 21.8 Å². The number of aliphatic hydroxyl groups excluding tert-OH is 1. The van der Waals surface area contributed by atoms with Crippen LogP contribution in [-0.2, 0) is 4.79 Å². The van der Waals surface area contributed by atoms with Gasteiger partial charge in [-0.15, -0.1) is 0 Å². The second kappa shape index (κ2) is 5.88. The predicted molar refractivity (Wildman–Crippen MR) is 65.8 cm³/mol. The van der Waals surface area contributed by atoms with Crippen molar-refractivity contribution >= 4 is 23.5 Å². The van der Waals surface area contributed by atoms with Crippen molar-refractivity contribution in [2.45, 2.75) is 25.9 Å². The van der Waals surface area contributed by atoms with Crippen LogP contribution in [0.3, 0.4) is 0 Å². The average molecular weight is 275 g/mol. The Balaban J connectivity index is 2.93. The van der Waals surface area contributed by atoms with Crippen LogP contribution in [0, 0.1) is 0 Å². The summed E-state index contributed by atoms with van der Waals surface area (Å²) in [4.78, 5) is 22.6. The van der Waals surface area contributed by atoms with Crippen molar-refractivity contribution in [2.24, 2.45) is 0 Å². The van der Waals surface area contributed by atoms with E-state index >= 15 is 0 Å². The summed E-state index contributed by atoms with van der Waals surface area (Å²) >= 11 is 5.82. The van der Waals surface area contributed by atoms with Crippen molar-refractivity contribution in [3.63, 3.8) is 0 Å². The molecule has 0 bridgehead atoms. The van der Waals surface area contributed by atoms with Gasteiger partial charge < -0.3 is 20.1 Å². The monoisotopic (exact) mass is 274 g/mol. The number of nitrogens with one attached hydrogen (secondary N) is 1. The van der Waals surface area contributed by atoms with Gasteiger partial charge in [-0.1, -0.05) is 11.6 Å². The molecular formula is C11H15ClN2O4. The standard InChI is InChI=1S/C11H15ClN2O4/c1-6(2)14-4-7(12)3-9(14)10(16)13-8(5-15)11(17)18/h3-4,6,8,15H,5H2,1-2H3,(H,13,16)(H,17,18)/t8-/m0/s1. The van der Waals surface area contributed by atoms with Crippen molar-refractivity contribution in [3.05, 3.63) is 23.0 Å². The molecule has 3 N–H and O–H groups in total. The van der Waals surface area contributed by atoms with Crippen molar-refractivity contribution in [1.82, 2.24) is 9.88 Å². The average Bonchev–Trinajstić information content (AvgIpc) is 2.67. The van der Waals surface area contributed by atoms with Crippen LogP contribution in [0.2, 0.25) is 5.02 Å². The molecule has 0 spiro atoms. The lowest BCUT2D eigenvalue weighted by molar-refractivity contribution is -0.140. The molecule has 0 aromatic carbocycles. The third-order valence-corrected chi connectivity index (χ3v) is 2.60. The number of amides is 1. The number of carboxylic acids is 1. The molecule has 1 amide bonds. The van der Waals surface area contributed by atoms with E-state index < -0.39 is 24.5 Å². The molecule has 1 atom stereocenters. The Hall–Kier alpha value is -1.53. The van der Waals surface area contributed by atoms with Gasteiger partial charge in [-0.3, -0.25) is 4.79 Å². The quantitative estimate of drug-likeness (QED) is 0.744.